The van der Waals surface area contributed by atoms with Gasteiger partial charge in [0.1, 0.15) is 5.69 Å². The monoisotopic (exact) mass is 352 g/mol. The van der Waals surface area contributed by atoms with E-state index in [4.69, 9.17) is 0 Å². The van der Waals surface area contributed by atoms with Crippen molar-refractivity contribution in [3.8, 4) is 0 Å². The fraction of sp³-hybridized carbons (Fsp3) is 0.368. The van der Waals surface area contributed by atoms with Crippen molar-refractivity contribution in [3.05, 3.63) is 46.7 Å². The summed E-state index contributed by atoms with van der Waals surface area (Å²) in [6.07, 6.45) is 7.32. The smallest absolute Gasteiger partial charge is 0.277 e. The van der Waals surface area contributed by atoms with Crippen molar-refractivity contribution in [2.45, 2.75) is 39.0 Å². The minimum atomic E-state index is -0.255. The Hall–Kier alpha value is -2.34. The number of benzene rings is 1. The Labute approximate surface area is 150 Å². The number of carbonyl (C=O) groups is 1. The van der Waals surface area contributed by atoms with Crippen molar-refractivity contribution in [3.63, 3.8) is 0 Å². The summed E-state index contributed by atoms with van der Waals surface area (Å²) in [4.78, 5) is 27.1. The molecule has 4 rings (SSSR count). The zero-order valence-corrected chi connectivity index (χ0v) is 15.0. The van der Waals surface area contributed by atoms with Crippen LogP contribution in [-0.2, 0) is 12.8 Å². The Balaban J connectivity index is 1.51. The van der Waals surface area contributed by atoms with E-state index in [0.29, 0.717) is 10.8 Å². The summed E-state index contributed by atoms with van der Waals surface area (Å²) >= 11 is 1.60. The number of nitrogens with one attached hydrogen (secondary N) is 1. The van der Waals surface area contributed by atoms with E-state index in [9.17, 15) is 4.79 Å². The summed E-state index contributed by atoms with van der Waals surface area (Å²) in [5.74, 6) is 0.502. The number of aryl methyl sites for hydroxylation is 1. The lowest BCUT2D eigenvalue weighted by atomic mass is 9.88. The first-order valence-corrected chi connectivity index (χ1v) is 9.56. The molecule has 1 aliphatic carbocycles. The molecule has 5 nitrogen and oxygen atoms in total. The first-order valence-electron chi connectivity index (χ1n) is 8.74. The number of hydrogen-bond acceptors (Lipinski definition) is 5. The lowest BCUT2D eigenvalue weighted by Gasteiger charge is -2.19. The highest BCUT2D eigenvalue weighted by Crippen LogP contribution is 2.34. The van der Waals surface area contributed by atoms with Gasteiger partial charge in [0.25, 0.3) is 5.91 Å². The third-order valence-corrected chi connectivity index (χ3v) is 5.68. The summed E-state index contributed by atoms with van der Waals surface area (Å²) in [6, 6.07) is 7.53. The van der Waals surface area contributed by atoms with Gasteiger partial charge in [0.15, 0.2) is 5.13 Å². The van der Waals surface area contributed by atoms with E-state index in [1.165, 1.54) is 30.3 Å². The van der Waals surface area contributed by atoms with Gasteiger partial charge in [-0.05, 0) is 37.3 Å². The van der Waals surface area contributed by atoms with Crippen LogP contribution in [0.1, 0.15) is 47.2 Å². The molecule has 2 heterocycles. The molecule has 0 bridgehead atoms. The molecule has 0 aliphatic heterocycles. The van der Waals surface area contributed by atoms with Crippen LogP contribution in [0.5, 0.6) is 0 Å². The number of para-hydroxylation sites is 2. The van der Waals surface area contributed by atoms with Gasteiger partial charge >= 0.3 is 0 Å². The van der Waals surface area contributed by atoms with E-state index in [1.807, 2.05) is 24.3 Å². The molecule has 1 amide bonds. The molecule has 1 aromatic carbocycles. The Morgan fingerprint density at radius 2 is 2.12 bits per heavy atom. The number of thiazole rings is 1. The summed E-state index contributed by atoms with van der Waals surface area (Å²) in [5, 5.41) is 3.56. The average molecular weight is 352 g/mol. The van der Waals surface area contributed by atoms with Crippen LogP contribution in [0.25, 0.3) is 11.0 Å². The van der Waals surface area contributed by atoms with E-state index in [0.717, 1.165) is 35.5 Å². The number of rotatable bonds is 4. The molecule has 0 radical (unpaired) electrons. The van der Waals surface area contributed by atoms with Crippen LogP contribution < -0.4 is 5.32 Å². The molecule has 1 unspecified atom stereocenters. The van der Waals surface area contributed by atoms with Crippen molar-refractivity contribution in [2.75, 3.05) is 5.32 Å². The van der Waals surface area contributed by atoms with Gasteiger partial charge in [0, 0.05) is 4.88 Å². The number of nitrogens with zero attached hydrogens (tertiary/aromatic N) is 3. The fourth-order valence-corrected chi connectivity index (χ4v) is 4.50. The number of hydrogen-bond donors (Lipinski definition) is 1. The highest BCUT2D eigenvalue weighted by atomic mass is 32.1. The Bertz CT molecular complexity index is 921. The summed E-state index contributed by atoms with van der Waals surface area (Å²) in [6.45, 7) is 2.23. The second-order valence-corrected chi connectivity index (χ2v) is 7.57. The largest absolute Gasteiger partial charge is 0.296 e. The SMILES string of the molecule is CCCC1CCc2nc(NC(=O)c3cnc4ccccc4n3)sc2C1. The molecule has 6 heteroatoms. The maximum Gasteiger partial charge on any atom is 0.277 e. The van der Waals surface area contributed by atoms with Crippen molar-refractivity contribution in [1.29, 1.82) is 0 Å². The molecule has 0 saturated carbocycles. The van der Waals surface area contributed by atoms with Gasteiger partial charge in [-0.25, -0.2) is 9.97 Å². The first-order chi connectivity index (χ1) is 12.2. The van der Waals surface area contributed by atoms with Crippen molar-refractivity contribution < 1.29 is 4.79 Å². The third-order valence-electron chi connectivity index (χ3n) is 4.64. The minimum Gasteiger partial charge on any atom is -0.296 e. The predicted octanol–water partition coefficient (Wildman–Crippen LogP) is 4.24. The molecule has 25 heavy (non-hydrogen) atoms. The van der Waals surface area contributed by atoms with Gasteiger partial charge in [-0.2, -0.15) is 0 Å². The van der Waals surface area contributed by atoms with Crippen molar-refractivity contribution in [1.82, 2.24) is 15.0 Å². The maximum absolute atomic E-state index is 12.5. The quantitative estimate of drug-likeness (QED) is 0.762. The molecule has 0 fully saturated rings. The summed E-state index contributed by atoms with van der Waals surface area (Å²) in [5.41, 5.74) is 2.97. The van der Waals surface area contributed by atoms with Crippen LogP contribution in [0.3, 0.4) is 0 Å². The average Bonchev–Trinajstić information content (AvgIpc) is 3.03. The molecule has 1 N–H and O–H groups in total. The van der Waals surface area contributed by atoms with E-state index < -0.39 is 0 Å². The Morgan fingerprint density at radius 1 is 1.28 bits per heavy atom. The second kappa shape index (κ2) is 6.88. The van der Waals surface area contributed by atoms with Crippen LogP contribution in [-0.4, -0.2) is 20.9 Å². The van der Waals surface area contributed by atoms with Gasteiger partial charge in [-0.3, -0.25) is 15.1 Å². The second-order valence-electron chi connectivity index (χ2n) is 6.48. The normalized spacial score (nSPS) is 16.6. The fourth-order valence-electron chi connectivity index (χ4n) is 3.38. The van der Waals surface area contributed by atoms with Crippen LogP contribution in [0, 0.1) is 5.92 Å². The standard InChI is InChI=1S/C19H20N4OS/c1-2-5-12-8-9-15-17(10-12)25-19(22-15)23-18(24)16-11-20-13-6-3-4-7-14(13)21-16/h3-4,6-7,11-12H,2,5,8-10H2,1H3,(H,22,23,24). The third kappa shape index (κ3) is 3.39. The van der Waals surface area contributed by atoms with E-state index in [1.54, 1.807) is 11.3 Å². The number of fused-ring (bicyclic) bond motifs is 2. The van der Waals surface area contributed by atoms with E-state index in [2.05, 4.69) is 27.2 Å². The van der Waals surface area contributed by atoms with Gasteiger partial charge in [0.05, 0.1) is 22.9 Å². The van der Waals surface area contributed by atoms with E-state index >= 15 is 0 Å². The minimum absolute atomic E-state index is 0.255. The lowest BCUT2D eigenvalue weighted by molar-refractivity contribution is 0.102. The molecule has 1 aliphatic rings. The van der Waals surface area contributed by atoms with Crippen LogP contribution >= 0.6 is 11.3 Å². The highest BCUT2D eigenvalue weighted by molar-refractivity contribution is 7.15. The summed E-state index contributed by atoms with van der Waals surface area (Å²) < 4.78 is 0. The van der Waals surface area contributed by atoms with Gasteiger partial charge in [-0.15, -0.1) is 11.3 Å². The maximum atomic E-state index is 12.5. The highest BCUT2D eigenvalue weighted by Gasteiger charge is 2.23. The molecular formula is C19H20N4OS. The zero-order chi connectivity index (χ0) is 17.2. The molecule has 1 atom stereocenters. The van der Waals surface area contributed by atoms with Crippen LogP contribution in [0.2, 0.25) is 0 Å². The van der Waals surface area contributed by atoms with Gasteiger partial charge in [0.2, 0.25) is 0 Å². The number of aromatic nitrogens is 3. The molecular weight excluding hydrogens is 332 g/mol. The van der Waals surface area contributed by atoms with E-state index in [-0.39, 0.29) is 5.91 Å². The first kappa shape index (κ1) is 16.1. The number of anilines is 1. The molecule has 3 aromatic rings. The van der Waals surface area contributed by atoms with Gasteiger partial charge in [-0.1, -0.05) is 31.9 Å². The molecule has 0 spiro atoms. The van der Waals surface area contributed by atoms with Crippen molar-refractivity contribution >= 4 is 33.4 Å². The van der Waals surface area contributed by atoms with Crippen molar-refractivity contribution in [2.24, 2.45) is 5.92 Å². The van der Waals surface area contributed by atoms with Gasteiger partial charge < -0.3 is 0 Å². The summed E-state index contributed by atoms with van der Waals surface area (Å²) in [7, 11) is 0. The van der Waals surface area contributed by atoms with Crippen LogP contribution in [0.15, 0.2) is 30.5 Å². The zero-order valence-electron chi connectivity index (χ0n) is 14.2. The lowest BCUT2D eigenvalue weighted by Crippen LogP contribution is -2.14. The molecule has 2 aromatic heterocycles. The molecule has 128 valence electrons. The van der Waals surface area contributed by atoms with Crippen LogP contribution in [0.4, 0.5) is 5.13 Å². The number of amides is 1. The predicted molar refractivity (Wildman–Crippen MR) is 100 cm³/mol. The number of carbonyl (C=O) groups excluding carboxylic acids is 1. The Morgan fingerprint density at radius 3 is 2.96 bits per heavy atom. The molecule has 0 saturated heterocycles. The Kier molecular flexibility index (Phi) is 4.44. The topological polar surface area (TPSA) is 67.8 Å².